The molecule has 0 aromatic heterocycles. The fourth-order valence-electron chi connectivity index (χ4n) is 3.94. The summed E-state index contributed by atoms with van der Waals surface area (Å²) in [7, 11) is 0. The molecule has 0 radical (unpaired) electrons. The maximum absolute atomic E-state index is 11.0. The van der Waals surface area contributed by atoms with Gasteiger partial charge < -0.3 is 5.11 Å². The minimum Gasteiger partial charge on any atom is -0.478 e. The van der Waals surface area contributed by atoms with Crippen molar-refractivity contribution in [3.8, 4) is 0 Å². The predicted octanol–water partition coefficient (Wildman–Crippen LogP) is 5.95. The maximum atomic E-state index is 11.0. The first-order chi connectivity index (χ1) is 10.7. The van der Waals surface area contributed by atoms with Gasteiger partial charge in [0.1, 0.15) is 0 Å². The molecule has 1 saturated carbocycles. The van der Waals surface area contributed by atoms with E-state index in [1.54, 1.807) is 12.1 Å². The molecule has 1 fully saturated rings. The van der Waals surface area contributed by atoms with Gasteiger partial charge in [-0.2, -0.15) is 0 Å². The Labute approximate surface area is 134 Å². The van der Waals surface area contributed by atoms with Gasteiger partial charge in [0.25, 0.3) is 0 Å². The van der Waals surface area contributed by atoms with E-state index in [2.05, 4.69) is 19.1 Å². The van der Waals surface area contributed by atoms with E-state index in [0.717, 1.165) is 0 Å². The van der Waals surface area contributed by atoms with E-state index in [1.165, 1.54) is 76.2 Å². The zero-order valence-electron chi connectivity index (χ0n) is 13.9. The Balaban J connectivity index is 2.05. The molecule has 22 heavy (non-hydrogen) atoms. The van der Waals surface area contributed by atoms with Crippen molar-refractivity contribution >= 4 is 5.97 Å². The number of hydrogen-bond acceptors (Lipinski definition) is 1. The van der Waals surface area contributed by atoms with E-state index in [4.69, 9.17) is 5.11 Å². The van der Waals surface area contributed by atoms with Gasteiger partial charge in [-0.1, -0.05) is 70.4 Å². The minimum atomic E-state index is -0.830. The molecular weight excluding hydrogens is 272 g/mol. The van der Waals surface area contributed by atoms with E-state index in [1.807, 2.05) is 0 Å². The summed E-state index contributed by atoms with van der Waals surface area (Å²) >= 11 is 0. The average molecular weight is 302 g/mol. The summed E-state index contributed by atoms with van der Waals surface area (Å²) in [6.45, 7) is 2.26. The average Bonchev–Trinajstić information content (AvgIpc) is 2.55. The van der Waals surface area contributed by atoms with Crippen LogP contribution in [-0.2, 0) is 5.41 Å². The molecule has 2 rings (SSSR count). The third-order valence-electron chi connectivity index (χ3n) is 5.31. The number of carboxylic acids is 1. The summed E-state index contributed by atoms with van der Waals surface area (Å²) < 4.78 is 0. The van der Waals surface area contributed by atoms with Crippen molar-refractivity contribution in [3.05, 3.63) is 35.4 Å². The molecule has 1 aliphatic carbocycles. The zero-order valence-corrected chi connectivity index (χ0v) is 13.9. The summed E-state index contributed by atoms with van der Waals surface area (Å²) in [4.78, 5) is 11.0. The molecule has 0 amide bonds. The SMILES string of the molecule is CCCCCCCC1(c2ccc(C(=O)O)cc2)CCCCC1. The van der Waals surface area contributed by atoms with Gasteiger partial charge in [-0.05, 0) is 42.4 Å². The van der Waals surface area contributed by atoms with Crippen LogP contribution in [-0.4, -0.2) is 11.1 Å². The Morgan fingerprint density at radius 1 is 1.00 bits per heavy atom. The van der Waals surface area contributed by atoms with Crippen molar-refractivity contribution in [2.75, 3.05) is 0 Å². The van der Waals surface area contributed by atoms with Crippen LogP contribution in [0.5, 0.6) is 0 Å². The lowest BCUT2D eigenvalue weighted by molar-refractivity contribution is 0.0697. The Morgan fingerprint density at radius 2 is 1.64 bits per heavy atom. The zero-order chi connectivity index (χ0) is 15.8. The molecule has 2 heteroatoms. The molecule has 1 aromatic carbocycles. The van der Waals surface area contributed by atoms with Gasteiger partial charge in [-0.3, -0.25) is 0 Å². The van der Waals surface area contributed by atoms with Crippen molar-refractivity contribution in [3.63, 3.8) is 0 Å². The van der Waals surface area contributed by atoms with Gasteiger partial charge in [-0.25, -0.2) is 4.79 Å². The van der Waals surface area contributed by atoms with Crippen molar-refractivity contribution in [1.82, 2.24) is 0 Å². The lowest BCUT2D eigenvalue weighted by Crippen LogP contribution is -2.29. The van der Waals surface area contributed by atoms with Crippen LogP contribution in [0.25, 0.3) is 0 Å². The largest absolute Gasteiger partial charge is 0.478 e. The number of carboxylic acid groups (broad SMARTS) is 1. The smallest absolute Gasteiger partial charge is 0.335 e. The lowest BCUT2D eigenvalue weighted by Gasteiger charge is -2.38. The molecule has 0 unspecified atom stereocenters. The van der Waals surface area contributed by atoms with Gasteiger partial charge in [0.15, 0.2) is 0 Å². The van der Waals surface area contributed by atoms with Crippen LogP contribution in [0.2, 0.25) is 0 Å². The Hall–Kier alpha value is -1.31. The Kier molecular flexibility index (Phi) is 6.48. The standard InChI is InChI=1S/C20H30O2/c1-2-3-4-5-7-14-20(15-8-6-9-16-20)18-12-10-17(11-13-18)19(21)22/h10-13H,2-9,14-16H2,1H3,(H,21,22). The molecule has 0 bridgehead atoms. The number of hydrogen-bond donors (Lipinski definition) is 1. The topological polar surface area (TPSA) is 37.3 Å². The van der Waals surface area contributed by atoms with Gasteiger partial charge >= 0.3 is 5.97 Å². The molecule has 0 spiro atoms. The predicted molar refractivity (Wildman–Crippen MR) is 91.5 cm³/mol. The first-order valence-electron chi connectivity index (χ1n) is 9.02. The third-order valence-corrected chi connectivity index (χ3v) is 5.31. The number of unbranched alkanes of at least 4 members (excludes halogenated alkanes) is 4. The van der Waals surface area contributed by atoms with E-state index in [0.29, 0.717) is 11.0 Å². The van der Waals surface area contributed by atoms with Crippen LogP contribution in [0, 0.1) is 0 Å². The highest BCUT2D eigenvalue weighted by Gasteiger charge is 2.33. The summed E-state index contributed by atoms with van der Waals surface area (Å²) in [6, 6.07) is 7.71. The fraction of sp³-hybridized carbons (Fsp3) is 0.650. The highest BCUT2D eigenvalue weighted by Crippen LogP contribution is 2.43. The van der Waals surface area contributed by atoms with Crippen LogP contribution in [0.3, 0.4) is 0 Å². The molecule has 0 heterocycles. The van der Waals surface area contributed by atoms with E-state index in [-0.39, 0.29) is 0 Å². The van der Waals surface area contributed by atoms with Crippen LogP contribution < -0.4 is 0 Å². The minimum absolute atomic E-state index is 0.307. The van der Waals surface area contributed by atoms with Crippen LogP contribution in [0.15, 0.2) is 24.3 Å². The second kappa shape index (κ2) is 8.36. The van der Waals surface area contributed by atoms with Crippen molar-refractivity contribution < 1.29 is 9.90 Å². The first kappa shape index (κ1) is 17.1. The van der Waals surface area contributed by atoms with E-state index < -0.39 is 5.97 Å². The Bertz CT molecular complexity index is 455. The first-order valence-corrected chi connectivity index (χ1v) is 9.02. The number of aromatic carboxylic acids is 1. The van der Waals surface area contributed by atoms with E-state index >= 15 is 0 Å². The fourth-order valence-corrected chi connectivity index (χ4v) is 3.94. The molecular formula is C20H30O2. The maximum Gasteiger partial charge on any atom is 0.335 e. The molecule has 1 N–H and O–H groups in total. The molecule has 1 aromatic rings. The highest BCUT2D eigenvalue weighted by molar-refractivity contribution is 5.87. The van der Waals surface area contributed by atoms with Gasteiger partial charge in [0, 0.05) is 0 Å². The molecule has 0 aliphatic heterocycles. The highest BCUT2D eigenvalue weighted by atomic mass is 16.4. The van der Waals surface area contributed by atoms with Crippen molar-refractivity contribution in [1.29, 1.82) is 0 Å². The van der Waals surface area contributed by atoms with Crippen LogP contribution in [0.4, 0.5) is 0 Å². The normalized spacial score (nSPS) is 17.3. The van der Waals surface area contributed by atoms with Crippen LogP contribution >= 0.6 is 0 Å². The third kappa shape index (κ3) is 4.34. The van der Waals surface area contributed by atoms with Crippen molar-refractivity contribution in [2.45, 2.75) is 83.0 Å². The number of rotatable bonds is 8. The number of carbonyl (C=O) groups is 1. The lowest BCUT2D eigenvalue weighted by atomic mass is 9.66. The van der Waals surface area contributed by atoms with Gasteiger partial charge in [-0.15, -0.1) is 0 Å². The monoisotopic (exact) mass is 302 g/mol. The summed E-state index contributed by atoms with van der Waals surface area (Å²) in [6.07, 6.45) is 14.4. The summed E-state index contributed by atoms with van der Waals surface area (Å²) in [5.41, 5.74) is 2.08. The van der Waals surface area contributed by atoms with Crippen molar-refractivity contribution in [2.24, 2.45) is 0 Å². The summed E-state index contributed by atoms with van der Waals surface area (Å²) in [5, 5.41) is 9.07. The van der Waals surface area contributed by atoms with E-state index in [9.17, 15) is 4.79 Å². The van der Waals surface area contributed by atoms with Gasteiger partial charge in [0.2, 0.25) is 0 Å². The molecule has 1 aliphatic rings. The molecule has 0 atom stereocenters. The van der Waals surface area contributed by atoms with Crippen LogP contribution in [0.1, 0.15) is 93.5 Å². The second-order valence-electron chi connectivity index (χ2n) is 6.89. The summed E-state index contributed by atoms with van der Waals surface area (Å²) in [5.74, 6) is -0.830. The molecule has 0 saturated heterocycles. The molecule has 2 nitrogen and oxygen atoms in total. The molecule has 122 valence electrons. The quantitative estimate of drug-likeness (QED) is 0.603. The van der Waals surface area contributed by atoms with Gasteiger partial charge in [0.05, 0.1) is 5.56 Å². The second-order valence-corrected chi connectivity index (χ2v) is 6.89. The number of benzene rings is 1. The Morgan fingerprint density at radius 3 is 2.23 bits per heavy atom.